The van der Waals surface area contributed by atoms with Gasteiger partial charge in [-0.1, -0.05) is 146 Å². The number of hydrogen-bond donors (Lipinski definition) is 1. The zero-order valence-electron chi connectivity index (χ0n) is 43.1. The zero-order valence-corrected chi connectivity index (χ0v) is 43.1. The van der Waals surface area contributed by atoms with E-state index in [9.17, 15) is 37.9 Å². The Morgan fingerprint density at radius 3 is 1.23 bits per heavy atom. The van der Waals surface area contributed by atoms with Crippen LogP contribution >= 0.6 is 0 Å². The lowest BCUT2D eigenvalue weighted by Crippen LogP contribution is -2.29. The number of fused-ring (bicyclic) bond motifs is 4. The van der Waals surface area contributed by atoms with Crippen LogP contribution in [-0.4, -0.2) is 61.3 Å². The summed E-state index contributed by atoms with van der Waals surface area (Å²) in [4.78, 5) is 78.9. The van der Waals surface area contributed by atoms with E-state index in [1.807, 2.05) is 121 Å². The first-order valence-corrected chi connectivity index (χ1v) is 25.7. The van der Waals surface area contributed by atoms with E-state index in [-0.39, 0.29) is 81.4 Å². The van der Waals surface area contributed by atoms with Gasteiger partial charge in [-0.25, -0.2) is 13.6 Å². The summed E-state index contributed by atoms with van der Waals surface area (Å²) in [7, 11) is 0. The molecule has 0 radical (unpaired) electrons. The predicted octanol–water partition coefficient (Wildman–Crippen LogP) is 12.9. The maximum absolute atomic E-state index is 14.1. The lowest BCUT2D eigenvalue weighted by molar-refractivity contribution is 0.0623. The second-order valence-electron chi connectivity index (χ2n) is 18.7. The van der Waals surface area contributed by atoms with E-state index in [4.69, 9.17) is 18.9 Å². The van der Waals surface area contributed by atoms with Crippen molar-refractivity contribution in [3.8, 4) is 23.0 Å². The van der Waals surface area contributed by atoms with Crippen molar-refractivity contribution in [1.29, 1.82) is 0 Å². The average molecular weight is 1080 g/mol. The molecule has 0 saturated heterocycles. The van der Waals surface area contributed by atoms with Gasteiger partial charge in [0.2, 0.25) is 0 Å². The number of carbonyl (C=O) groups excluding carboxylic acids is 5. The first-order valence-electron chi connectivity index (χ1n) is 25.7. The molecule has 12 rings (SSSR count). The molecule has 2 aliphatic heterocycles. The minimum atomic E-state index is -1.03. The number of amides is 4. The zero-order chi connectivity index (χ0) is 56.1. The lowest BCUT2D eigenvalue weighted by Gasteiger charge is -2.23. The van der Waals surface area contributed by atoms with Crippen molar-refractivity contribution in [3.05, 3.63) is 274 Å². The van der Waals surface area contributed by atoms with Crippen LogP contribution in [0.2, 0.25) is 0 Å². The monoisotopic (exact) mass is 1080 g/mol. The molecule has 8 aromatic carbocycles. The minimum Gasteiger partial charge on any atom is -0.506 e. The molecule has 0 spiro atoms. The van der Waals surface area contributed by atoms with E-state index in [2.05, 4.69) is 9.97 Å². The maximum Gasteiger partial charge on any atom is 0.513 e. The van der Waals surface area contributed by atoms with E-state index in [1.54, 1.807) is 37.4 Å². The number of hydrogen-bond acceptors (Lipinski definition) is 12. The fourth-order valence-electron chi connectivity index (χ4n) is 9.86. The van der Waals surface area contributed by atoms with Gasteiger partial charge in [-0.15, -0.1) is 0 Å². The summed E-state index contributed by atoms with van der Waals surface area (Å²) in [5.74, 6) is -3.80. The number of phenols is 1. The number of halogens is 2. The number of carbonyl (C=O) groups is 5. The van der Waals surface area contributed by atoms with Crippen LogP contribution in [-0.2, 0) is 17.8 Å². The SMILES string of the molecule is CCOC(=O)Oc1c2c(c(OC(c3ccccc3)c3ccccc3)c3ncccc13)C(=O)N(Cc1ccc(F)cc1)C2=O.O=C1c2c(c(OC(c3ccccc3)c3ccccc3)c3ncccc3c2O)C(=O)N1Cc1ccc(F)cc1. The van der Waals surface area contributed by atoms with Crippen LogP contribution in [0.3, 0.4) is 0 Å². The van der Waals surface area contributed by atoms with Gasteiger partial charge in [0.05, 0.1) is 25.3 Å². The van der Waals surface area contributed by atoms with Crippen molar-refractivity contribution in [1.82, 2.24) is 19.8 Å². The number of imide groups is 2. The Bertz CT molecular complexity index is 3950. The standard InChI is InChI=1S/C34H25FN2O6.C31H21FN2O4/c1-2-41-34(40)43-30-25-14-9-19-36-28(25)31(42-29(22-10-5-3-6-11-22)23-12-7-4-8-13-23)27-26(30)32(38)37(33(27)39)20-21-15-17-24(35)18-16-21;32-22-15-13-19(14-16-22)18-34-30(36)24-25(31(34)37)29(26-23(27(24)35)12-7-17-33-26)38-28(20-8-3-1-4-9-20)21-10-5-2-6-11-21/h3-19,29H,2,20H2,1H3;1-17,28,35H,18H2. The Morgan fingerprint density at radius 1 is 0.469 bits per heavy atom. The molecule has 0 unspecified atom stereocenters. The van der Waals surface area contributed by atoms with Crippen LogP contribution in [0, 0.1) is 11.6 Å². The van der Waals surface area contributed by atoms with Gasteiger partial charge in [-0.2, -0.15) is 0 Å². The Morgan fingerprint density at radius 2 is 0.827 bits per heavy atom. The second-order valence-corrected chi connectivity index (χ2v) is 18.7. The molecule has 0 saturated carbocycles. The third-order valence-electron chi connectivity index (χ3n) is 13.6. The van der Waals surface area contributed by atoms with Gasteiger partial charge in [0.25, 0.3) is 23.6 Å². The maximum atomic E-state index is 14.1. The van der Waals surface area contributed by atoms with Crippen LogP contribution < -0.4 is 14.2 Å². The summed E-state index contributed by atoms with van der Waals surface area (Å²) in [5, 5.41) is 11.7. The van der Waals surface area contributed by atoms with Crippen LogP contribution in [0.4, 0.5) is 13.6 Å². The van der Waals surface area contributed by atoms with E-state index in [0.29, 0.717) is 16.5 Å². The van der Waals surface area contributed by atoms with Gasteiger partial charge < -0.3 is 24.1 Å². The van der Waals surface area contributed by atoms with Crippen LogP contribution in [0.15, 0.2) is 207 Å². The third kappa shape index (κ3) is 10.4. The van der Waals surface area contributed by atoms with Crippen molar-refractivity contribution in [2.24, 2.45) is 0 Å². The molecule has 16 heteroatoms. The molecule has 14 nitrogen and oxygen atoms in total. The minimum absolute atomic E-state index is 0.0395. The van der Waals surface area contributed by atoms with E-state index >= 15 is 0 Å². The molecule has 81 heavy (non-hydrogen) atoms. The highest BCUT2D eigenvalue weighted by molar-refractivity contribution is 6.28. The summed E-state index contributed by atoms with van der Waals surface area (Å²) >= 11 is 0. The molecule has 0 fully saturated rings. The van der Waals surface area contributed by atoms with E-state index in [0.717, 1.165) is 32.1 Å². The third-order valence-corrected chi connectivity index (χ3v) is 13.6. The summed E-state index contributed by atoms with van der Waals surface area (Å²) in [6.45, 7) is 1.43. The number of ether oxygens (including phenoxy) is 4. The molecule has 400 valence electrons. The largest absolute Gasteiger partial charge is 0.513 e. The molecule has 1 N–H and O–H groups in total. The number of aromatic hydroxyl groups is 1. The van der Waals surface area contributed by atoms with Gasteiger partial charge in [0, 0.05) is 23.2 Å². The van der Waals surface area contributed by atoms with Crippen LogP contribution in [0.25, 0.3) is 21.8 Å². The quantitative estimate of drug-likeness (QED) is 0.0621. The Balaban J connectivity index is 0.000000172. The Kier molecular flexibility index (Phi) is 14.7. The van der Waals surface area contributed by atoms with E-state index in [1.165, 1.54) is 54.7 Å². The predicted molar refractivity (Wildman–Crippen MR) is 295 cm³/mol. The molecule has 0 bridgehead atoms. The van der Waals surface area contributed by atoms with Crippen LogP contribution in [0.5, 0.6) is 23.0 Å². The molecule has 4 amide bonds. The number of aromatic nitrogens is 2. The second kappa shape index (κ2) is 22.8. The van der Waals surface area contributed by atoms with Crippen molar-refractivity contribution in [2.75, 3.05) is 6.61 Å². The van der Waals surface area contributed by atoms with Gasteiger partial charge in [0.1, 0.15) is 57.3 Å². The normalized spacial score (nSPS) is 12.7. The van der Waals surface area contributed by atoms with Crippen molar-refractivity contribution in [3.63, 3.8) is 0 Å². The molecular weight excluding hydrogens is 1030 g/mol. The number of phenolic OH excluding ortho intramolecular Hbond substituents is 1. The molecule has 0 atom stereocenters. The van der Waals surface area contributed by atoms with Gasteiger partial charge in [-0.3, -0.25) is 38.9 Å². The summed E-state index contributed by atoms with van der Waals surface area (Å²) < 4.78 is 50.9. The van der Waals surface area contributed by atoms with Crippen molar-refractivity contribution in [2.45, 2.75) is 32.2 Å². The number of nitrogens with zero attached hydrogens (tertiary/aromatic N) is 4. The Labute approximate surface area is 462 Å². The highest BCUT2D eigenvalue weighted by Crippen LogP contribution is 2.48. The number of rotatable bonds is 14. The first kappa shape index (κ1) is 52.4. The van der Waals surface area contributed by atoms with Gasteiger partial charge in [-0.05, 0) is 88.8 Å². The van der Waals surface area contributed by atoms with E-state index < -0.39 is 53.6 Å². The first-order chi connectivity index (χ1) is 39.5. The van der Waals surface area contributed by atoms with Crippen molar-refractivity contribution < 1.29 is 56.8 Å². The summed E-state index contributed by atoms with van der Waals surface area (Å²) in [5.41, 5.74) is 4.46. The highest BCUT2D eigenvalue weighted by atomic mass is 19.1. The molecule has 10 aromatic rings. The molecule has 4 heterocycles. The highest BCUT2D eigenvalue weighted by Gasteiger charge is 2.45. The number of benzene rings is 8. The van der Waals surface area contributed by atoms with Gasteiger partial charge in [0.15, 0.2) is 17.2 Å². The molecule has 0 aliphatic carbocycles. The molecule has 2 aliphatic rings. The average Bonchev–Trinajstić information content (AvgIpc) is 4.07. The fraction of sp³-hybridized carbons (Fsp3) is 0.0923. The summed E-state index contributed by atoms with van der Waals surface area (Å²) in [6, 6.07) is 55.5. The van der Waals surface area contributed by atoms with Gasteiger partial charge >= 0.3 is 6.16 Å². The smallest absolute Gasteiger partial charge is 0.506 e. The Hall–Kier alpha value is -10.6. The van der Waals surface area contributed by atoms with Crippen molar-refractivity contribution >= 4 is 51.6 Å². The molecule has 2 aromatic heterocycles. The molecular formula is C65H46F2N4O10. The van der Waals surface area contributed by atoms with Crippen LogP contribution in [0.1, 0.15) is 93.9 Å². The number of pyridine rings is 2. The lowest BCUT2D eigenvalue weighted by atomic mass is 9.99. The topological polar surface area (TPSA) is 175 Å². The fourth-order valence-corrected chi connectivity index (χ4v) is 9.86. The summed E-state index contributed by atoms with van der Waals surface area (Å²) in [6.07, 6.45) is 0.728.